The maximum absolute atomic E-state index is 12.6. The van der Waals surface area contributed by atoms with Crippen LogP contribution < -0.4 is 14.4 Å². The van der Waals surface area contributed by atoms with Gasteiger partial charge in [-0.15, -0.1) is 0 Å². The number of anilines is 1. The summed E-state index contributed by atoms with van der Waals surface area (Å²) in [4.78, 5) is 25.0. The van der Waals surface area contributed by atoms with E-state index in [0.29, 0.717) is 19.1 Å². The monoisotopic (exact) mass is 410 g/mol. The summed E-state index contributed by atoms with van der Waals surface area (Å²) in [6.07, 6.45) is 5.63. The molecule has 154 valence electrons. The van der Waals surface area contributed by atoms with Crippen LogP contribution in [0.5, 0.6) is 5.75 Å². The van der Waals surface area contributed by atoms with Gasteiger partial charge in [-0.05, 0) is 37.5 Å². The molecule has 2 fully saturated rings. The first-order valence-electron chi connectivity index (χ1n) is 9.57. The minimum atomic E-state index is -3.78. The normalized spacial score (nSPS) is 18.2. The standard InChI is InChI=1S/C19H26N2O6S/c1-26-17-8-7-15(13-16(17)21-18(22)9-10-19(21)23)28(24,25)20-11-4-12-27-14-5-2-3-6-14/h7-8,13-14,20H,2-6,9-12H2,1H3. The molecule has 0 unspecified atom stereocenters. The second-order valence-corrected chi connectivity index (χ2v) is 8.75. The van der Waals surface area contributed by atoms with E-state index in [4.69, 9.17) is 9.47 Å². The van der Waals surface area contributed by atoms with Crippen molar-refractivity contribution >= 4 is 27.5 Å². The van der Waals surface area contributed by atoms with E-state index in [1.807, 2.05) is 0 Å². The van der Waals surface area contributed by atoms with Gasteiger partial charge in [0.2, 0.25) is 21.8 Å². The summed E-state index contributed by atoms with van der Waals surface area (Å²) < 4.78 is 38.7. The lowest BCUT2D eigenvalue weighted by Gasteiger charge is -2.18. The van der Waals surface area contributed by atoms with Crippen LogP contribution in [0.15, 0.2) is 23.1 Å². The van der Waals surface area contributed by atoms with Crippen molar-refractivity contribution in [1.82, 2.24) is 4.72 Å². The maximum atomic E-state index is 12.6. The number of nitrogens with one attached hydrogen (secondary N) is 1. The van der Waals surface area contributed by atoms with Gasteiger partial charge in [0.1, 0.15) is 5.75 Å². The highest BCUT2D eigenvalue weighted by Gasteiger charge is 2.33. The molecule has 1 saturated carbocycles. The van der Waals surface area contributed by atoms with Crippen molar-refractivity contribution in [2.45, 2.75) is 55.9 Å². The van der Waals surface area contributed by atoms with Gasteiger partial charge in [0, 0.05) is 26.0 Å². The number of methoxy groups -OCH3 is 1. The number of hydrogen-bond acceptors (Lipinski definition) is 6. The molecule has 1 aliphatic carbocycles. The molecule has 0 spiro atoms. The van der Waals surface area contributed by atoms with E-state index in [1.54, 1.807) is 0 Å². The lowest BCUT2D eigenvalue weighted by atomic mass is 10.2. The van der Waals surface area contributed by atoms with Gasteiger partial charge in [-0.25, -0.2) is 18.0 Å². The van der Waals surface area contributed by atoms with E-state index in [2.05, 4.69) is 4.72 Å². The van der Waals surface area contributed by atoms with Crippen LogP contribution in [-0.4, -0.2) is 46.6 Å². The molecule has 2 amide bonds. The Morgan fingerprint density at radius 2 is 1.82 bits per heavy atom. The Bertz CT molecular complexity index is 817. The molecule has 3 rings (SSSR count). The molecule has 1 N–H and O–H groups in total. The Hall–Kier alpha value is -1.97. The van der Waals surface area contributed by atoms with Gasteiger partial charge in [0.25, 0.3) is 0 Å². The third-order valence-electron chi connectivity index (χ3n) is 5.02. The zero-order chi connectivity index (χ0) is 20.1. The summed E-state index contributed by atoms with van der Waals surface area (Å²) in [6.45, 7) is 0.760. The summed E-state index contributed by atoms with van der Waals surface area (Å²) in [7, 11) is -2.38. The van der Waals surface area contributed by atoms with Gasteiger partial charge >= 0.3 is 0 Å². The quantitative estimate of drug-likeness (QED) is 0.493. The van der Waals surface area contributed by atoms with Crippen LogP contribution in [-0.2, 0) is 24.3 Å². The minimum absolute atomic E-state index is 0.0208. The van der Waals surface area contributed by atoms with Crippen LogP contribution in [0, 0.1) is 0 Å². The van der Waals surface area contributed by atoms with Crippen molar-refractivity contribution in [2.24, 2.45) is 0 Å². The Labute approximate surface area is 165 Å². The smallest absolute Gasteiger partial charge is 0.240 e. The van der Waals surface area contributed by atoms with Crippen molar-refractivity contribution in [3.63, 3.8) is 0 Å². The summed E-state index contributed by atoms with van der Waals surface area (Å²) >= 11 is 0. The molecular weight excluding hydrogens is 384 g/mol. The first kappa shape index (κ1) is 20.8. The van der Waals surface area contributed by atoms with Crippen LogP contribution in [0.3, 0.4) is 0 Å². The summed E-state index contributed by atoms with van der Waals surface area (Å²) in [6, 6.07) is 4.15. The molecule has 8 nitrogen and oxygen atoms in total. The van der Waals surface area contributed by atoms with E-state index in [0.717, 1.165) is 17.7 Å². The molecule has 1 aliphatic heterocycles. The second kappa shape index (κ2) is 9.02. The largest absolute Gasteiger partial charge is 0.495 e. The maximum Gasteiger partial charge on any atom is 0.240 e. The summed E-state index contributed by atoms with van der Waals surface area (Å²) in [5.41, 5.74) is 0.155. The van der Waals surface area contributed by atoms with Gasteiger partial charge in [0.05, 0.1) is 23.8 Å². The minimum Gasteiger partial charge on any atom is -0.495 e. The van der Waals surface area contributed by atoms with Crippen molar-refractivity contribution < 1.29 is 27.5 Å². The number of sulfonamides is 1. The predicted octanol–water partition coefficient (Wildman–Crippen LogP) is 1.98. The number of carbonyl (C=O) groups excluding carboxylic acids is 2. The van der Waals surface area contributed by atoms with Crippen molar-refractivity contribution in [2.75, 3.05) is 25.2 Å². The molecule has 1 aromatic rings. The van der Waals surface area contributed by atoms with Gasteiger partial charge < -0.3 is 9.47 Å². The summed E-state index contributed by atoms with van der Waals surface area (Å²) in [5, 5.41) is 0. The Morgan fingerprint density at radius 3 is 2.46 bits per heavy atom. The fraction of sp³-hybridized carbons (Fsp3) is 0.579. The fourth-order valence-electron chi connectivity index (χ4n) is 3.52. The van der Waals surface area contributed by atoms with Crippen molar-refractivity contribution in [3.05, 3.63) is 18.2 Å². The van der Waals surface area contributed by atoms with Crippen LogP contribution in [0.1, 0.15) is 44.9 Å². The van der Waals surface area contributed by atoms with Crippen LogP contribution >= 0.6 is 0 Å². The average Bonchev–Trinajstić information content (AvgIpc) is 3.30. The molecule has 1 saturated heterocycles. The fourth-order valence-corrected chi connectivity index (χ4v) is 4.62. The molecule has 28 heavy (non-hydrogen) atoms. The van der Waals surface area contributed by atoms with E-state index in [-0.39, 0.29) is 47.5 Å². The number of amides is 2. The van der Waals surface area contributed by atoms with Crippen molar-refractivity contribution in [3.8, 4) is 5.75 Å². The first-order chi connectivity index (χ1) is 13.4. The first-order valence-corrected chi connectivity index (χ1v) is 11.1. The van der Waals surface area contributed by atoms with Gasteiger partial charge in [-0.2, -0.15) is 0 Å². The van der Waals surface area contributed by atoms with Gasteiger partial charge in [0.15, 0.2) is 0 Å². The highest BCUT2D eigenvalue weighted by atomic mass is 32.2. The van der Waals surface area contributed by atoms with Crippen LogP contribution in [0.2, 0.25) is 0 Å². The molecule has 0 radical (unpaired) electrons. The number of hydrogen-bond donors (Lipinski definition) is 1. The molecule has 0 atom stereocenters. The molecule has 0 bridgehead atoms. The molecule has 1 heterocycles. The number of rotatable bonds is 9. The zero-order valence-corrected chi connectivity index (χ0v) is 16.8. The Kier molecular flexibility index (Phi) is 6.69. The van der Waals surface area contributed by atoms with Gasteiger partial charge in [-0.1, -0.05) is 12.8 Å². The SMILES string of the molecule is COc1ccc(S(=O)(=O)NCCCOC2CCCC2)cc1N1C(=O)CCC1=O. The number of ether oxygens (including phenoxy) is 2. The highest BCUT2D eigenvalue weighted by Crippen LogP contribution is 2.34. The van der Waals surface area contributed by atoms with Crippen LogP contribution in [0.25, 0.3) is 0 Å². The Morgan fingerprint density at radius 1 is 1.14 bits per heavy atom. The van der Waals surface area contributed by atoms with E-state index in [9.17, 15) is 18.0 Å². The lowest BCUT2D eigenvalue weighted by Crippen LogP contribution is -2.30. The average molecular weight is 410 g/mol. The molecule has 2 aliphatic rings. The predicted molar refractivity (Wildman–Crippen MR) is 103 cm³/mol. The van der Waals surface area contributed by atoms with Gasteiger partial charge in [-0.3, -0.25) is 9.59 Å². The number of carbonyl (C=O) groups is 2. The van der Waals surface area contributed by atoms with E-state index < -0.39 is 10.0 Å². The topological polar surface area (TPSA) is 102 Å². The third-order valence-corrected chi connectivity index (χ3v) is 6.48. The number of imide groups is 1. The van der Waals surface area contributed by atoms with E-state index in [1.165, 1.54) is 38.2 Å². The third kappa shape index (κ3) is 4.71. The molecule has 1 aromatic carbocycles. The molecule has 0 aromatic heterocycles. The number of benzene rings is 1. The van der Waals surface area contributed by atoms with Crippen molar-refractivity contribution in [1.29, 1.82) is 0 Å². The lowest BCUT2D eigenvalue weighted by molar-refractivity contribution is -0.121. The highest BCUT2D eigenvalue weighted by molar-refractivity contribution is 7.89. The van der Waals surface area contributed by atoms with Crippen LogP contribution in [0.4, 0.5) is 5.69 Å². The zero-order valence-electron chi connectivity index (χ0n) is 16.0. The number of nitrogens with zero attached hydrogens (tertiary/aromatic N) is 1. The molecular formula is C19H26N2O6S. The Balaban J connectivity index is 1.65. The molecule has 9 heteroatoms. The van der Waals surface area contributed by atoms with E-state index >= 15 is 0 Å². The second-order valence-electron chi connectivity index (χ2n) is 6.99. The summed E-state index contributed by atoms with van der Waals surface area (Å²) in [5.74, 6) is -0.461.